The van der Waals surface area contributed by atoms with Crippen LogP contribution in [0.2, 0.25) is 0 Å². The predicted molar refractivity (Wildman–Crippen MR) is 454 cm³/mol. The number of nitrogens with two attached hydrogens (primary N) is 1. The highest BCUT2D eigenvalue weighted by Crippen LogP contribution is 2.38. The molecule has 4 aliphatic rings. The first-order valence-corrected chi connectivity index (χ1v) is 41.5. The second-order valence-electron chi connectivity index (χ2n) is 37.9. The number of hydrogen-bond acceptors (Lipinski definition) is 21. The Labute approximate surface area is 687 Å². The van der Waals surface area contributed by atoms with Crippen molar-refractivity contribution < 1.29 is 33.6 Å². The fourth-order valence-electron chi connectivity index (χ4n) is 12.3. The quantitative estimate of drug-likeness (QED) is 0.0195. The molecule has 4 rings (SSSR count). The first-order valence-electron chi connectivity index (χ1n) is 41.5. The van der Waals surface area contributed by atoms with Crippen molar-refractivity contribution in [3.8, 4) is 18.2 Å². The lowest BCUT2D eigenvalue weighted by atomic mass is 9.81. The highest BCUT2D eigenvalue weighted by Gasteiger charge is 2.39. The van der Waals surface area contributed by atoms with Crippen LogP contribution in [0.15, 0.2) is 86.7 Å². The minimum atomic E-state index is -1.04. The summed E-state index contributed by atoms with van der Waals surface area (Å²) in [6, 6.07) is 6.09. The second kappa shape index (κ2) is 50.4. The average Bonchev–Trinajstić information content (AvgIpc) is 0.829. The summed E-state index contributed by atoms with van der Waals surface area (Å²) in [4.78, 5) is 83.0. The van der Waals surface area contributed by atoms with Crippen molar-refractivity contribution in [2.24, 2.45) is 77.9 Å². The van der Waals surface area contributed by atoms with Crippen LogP contribution in [0, 0.1) is 44.8 Å². The molecule has 0 aromatic carbocycles. The van der Waals surface area contributed by atoms with Crippen molar-refractivity contribution in [3.05, 3.63) is 25.3 Å². The first kappa shape index (κ1) is 108. The Bertz CT molecular complexity index is 3110. The van der Waals surface area contributed by atoms with Gasteiger partial charge in [-0.15, -0.1) is 13.2 Å². The van der Waals surface area contributed by atoms with E-state index in [0.717, 1.165) is 116 Å². The number of primary amides is 1. The van der Waals surface area contributed by atoms with Gasteiger partial charge >= 0.3 is 6.03 Å². The molecule has 4 fully saturated rings. The molecule has 4 aliphatic carbocycles. The lowest BCUT2D eigenvalue weighted by Gasteiger charge is -2.31. The van der Waals surface area contributed by atoms with Crippen LogP contribution in [0.25, 0.3) is 0 Å². The zero-order chi connectivity index (χ0) is 88.2. The van der Waals surface area contributed by atoms with Gasteiger partial charge in [-0.3, -0.25) is 28.8 Å². The van der Waals surface area contributed by atoms with E-state index in [1.807, 2.05) is 6.07 Å². The Hall–Kier alpha value is -8.16. The monoisotopic (exact) mass is 1600 g/mol. The van der Waals surface area contributed by atoms with Crippen LogP contribution in [-0.2, 0) is 28.8 Å². The third-order valence-electron chi connectivity index (χ3n) is 18.7. The van der Waals surface area contributed by atoms with E-state index >= 15 is 0 Å². The molecular formula is C85H154N22O7. The summed E-state index contributed by atoms with van der Waals surface area (Å²) in [6.45, 7) is 58.8. The molecule has 646 valence electrons. The largest absolute Gasteiger partial charge is 0.356 e. The van der Waals surface area contributed by atoms with Crippen LogP contribution in [-0.4, -0.2) is 141 Å². The molecule has 8 amide bonds. The molecule has 29 nitrogen and oxygen atoms in total. The third-order valence-corrected chi connectivity index (χ3v) is 18.7. The maximum atomic E-state index is 12.6. The number of urea groups is 1. The Morgan fingerprint density at radius 2 is 0.658 bits per heavy atom. The molecule has 8 N–H and O–H groups in total. The Morgan fingerprint density at radius 3 is 0.895 bits per heavy atom. The van der Waals surface area contributed by atoms with E-state index < -0.39 is 55.9 Å². The molecule has 0 atom stereocenters. The van der Waals surface area contributed by atoms with E-state index in [2.05, 4.69) is 207 Å². The molecule has 0 heterocycles. The number of nitrogens with zero attached hydrogens (tertiary/aromatic N) is 15. The highest BCUT2D eigenvalue weighted by atomic mass is 16.2. The fourth-order valence-corrected chi connectivity index (χ4v) is 12.3. The first-order chi connectivity index (χ1) is 52.4. The number of nitriles is 3. The number of amides is 8. The SMILES string of the molecule is C=CCNC(=O)C(C)(C)N=NC(C)(C)C(=O)NCC=C.CC(C)(C#N)N=NC(N)=O.CC(C)(C)CC(C)(C)N=NC(C)(C)CC(C)(C)C.CC(C)(N=NC(C)(C)C(=O)NC1CCCCC1)C(=O)NC1CCCCC1.CCCCNC(=O)C(C)(C)N=NC(C)(C)C(=O)NCCCC.N#CC1(N=NC2(C#N)CCCCC2)CCCCC1. The topological polar surface area (TPSA) is 437 Å². The number of unbranched alkanes of at least 4 members (excludes halogenated alkanes) is 2. The molecule has 0 aliphatic heterocycles. The zero-order valence-electron chi connectivity index (χ0n) is 75.6. The van der Waals surface area contributed by atoms with Crippen LogP contribution in [0.4, 0.5) is 4.79 Å². The van der Waals surface area contributed by atoms with Crippen molar-refractivity contribution in [1.82, 2.24) is 31.9 Å². The predicted octanol–water partition coefficient (Wildman–Crippen LogP) is 18.9. The van der Waals surface area contributed by atoms with Gasteiger partial charge in [0.05, 0.1) is 29.3 Å². The van der Waals surface area contributed by atoms with Gasteiger partial charge in [0.25, 0.3) is 0 Å². The Kier molecular flexibility index (Phi) is 47.7. The summed E-state index contributed by atoms with van der Waals surface area (Å²) in [5.41, 5.74) is -3.16. The minimum Gasteiger partial charge on any atom is -0.354 e. The molecule has 0 radical (unpaired) electrons. The molecule has 0 aromatic heterocycles. The second-order valence-corrected chi connectivity index (χ2v) is 37.9. The van der Waals surface area contributed by atoms with Crippen molar-refractivity contribution in [2.75, 3.05) is 26.2 Å². The van der Waals surface area contributed by atoms with E-state index in [9.17, 15) is 44.1 Å². The van der Waals surface area contributed by atoms with Gasteiger partial charge < -0.3 is 37.6 Å². The van der Waals surface area contributed by atoms with Crippen LogP contribution >= 0.6 is 0 Å². The number of rotatable bonds is 31. The zero-order valence-corrected chi connectivity index (χ0v) is 75.6. The summed E-state index contributed by atoms with van der Waals surface area (Å²) >= 11 is 0. The lowest BCUT2D eigenvalue weighted by Crippen LogP contribution is -2.48. The lowest BCUT2D eigenvalue weighted by molar-refractivity contribution is -0.128. The van der Waals surface area contributed by atoms with E-state index in [0.29, 0.717) is 26.2 Å². The van der Waals surface area contributed by atoms with Crippen LogP contribution in [0.1, 0.15) is 347 Å². The van der Waals surface area contributed by atoms with Gasteiger partial charge in [-0.05, 0) is 238 Å². The van der Waals surface area contributed by atoms with Crippen LogP contribution in [0.3, 0.4) is 0 Å². The maximum absolute atomic E-state index is 12.6. The van der Waals surface area contributed by atoms with E-state index in [1.54, 1.807) is 95.2 Å². The third kappa shape index (κ3) is 47.6. The molecule has 0 saturated heterocycles. The Balaban J connectivity index is 0. The van der Waals surface area contributed by atoms with Crippen LogP contribution in [0.5, 0.6) is 0 Å². The van der Waals surface area contributed by atoms with E-state index in [4.69, 9.17) is 5.26 Å². The maximum Gasteiger partial charge on any atom is 0.356 e. The van der Waals surface area contributed by atoms with Gasteiger partial charge in [0, 0.05) is 38.3 Å². The Morgan fingerprint density at radius 1 is 0.395 bits per heavy atom. The summed E-state index contributed by atoms with van der Waals surface area (Å²) in [6.07, 6.45) is 30.2. The standard InChI is InChI=1S/C20H36N4O2.C16H32N4O2.C16H34N2.C14H24N4O2.C14H20N4.C5H8N4O/c1-19(2,17(25)21-15-11-7-5-8-12-15)23-24-20(3,4)18(26)22-16-13-9-6-10-14-16;1-7-9-11-17-13(21)15(3,4)19-20-16(5,6)14(22)18-12-10-8-2;1-13(2,3)11-15(7,8)17-18-16(9,10)12-14(4,5)6;1-7-9-15-11(19)13(3,4)17-18-14(5,6)12(20)16-10-8-2;15-11-13(7-3-1-4-8-13)17-18-14(12-16)9-5-2-6-10-14;1-5(2,3-6)9-8-4(7)10/h15-16H,5-14H2,1-4H3,(H,21,25)(H,22,26);7-12H2,1-6H3,(H,17,21)(H,18,22);11-12H2,1-10H3;7-8H,1-2,9-10H2,3-6H3,(H,15,19)(H,16,20);1-10H2;1-2H3,(H2,7,10). The number of carbonyl (C=O) groups is 7. The number of azo groups is 6. The summed E-state index contributed by atoms with van der Waals surface area (Å²) in [5.74, 6) is -1.13. The summed E-state index contributed by atoms with van der Waals surface area (Å²) < 4.78 is 0. The fraction of sp³-hybridized carbons (Fsp3) is 0.835. The molecule has 0 spiro atoms. The van der Waals surface area contributed by atoms with Gasteiger partial charge in [0.1, 0.15) is 0 Å². The average molecular weight is 1600 g/mol. The molecule has 4 saturated carbocycles. The molecular weight excluding hydrogens is 1440 g/mol. The van der Waals surface area contributed by atoms with Gasteiger partial charge in [-0.2, -0.15) is 72.0 Å². The summed E-state index contributed by atoms with van der Waals surface area (Å²) in [5, 5.41) is 93.2. The van der Waals surface area contributed by atoms with Crippen LogP contribution < -0.4 is 37.6 Å². The molecule has 0 aromatic rings. The molecule has 0 unspecified atom stereocenters. The number of hydrogen-bond donors (Lipinski definition) is 7. The number of carbonyl (C=O) groups excluding carboxylic acids is 7. The van der Waals surface area contributed by atoms with Gasteiger partial charge in [-0.1, -0.05) is 137 Å². The highest BCUT2D eigenvalue weighted by molar-refractivity contribution is 5.88. The van der Waals surface area contributed by atoms with Crippen molar-refractivity contribution in [3.63, 3.8) is 0 Å². The smallest absolute Gasteiger partial charge is 0.354 e. The molecule has 0 bridgehead atoms. The molecule has 29 heteroatoms. The molecule has 114 heavy (non-hydrogen) atoms. The van der Waals surface area contributed by atoms with Gasteiger partial charge in [0.2, 0.25) is 35.4 Å². The normalized spacial score (nSPS) is 16.9. The van der Waals surface area contributed by atoms with E-state index in [-0.39, 0.29) is 69.4 Å². The van der Waals surface area contributed by atoms with Crippen molar-refractivity contribution in [1.29, 1.82) is 15.8 Å². The van der Waals surface area contributed by atoms with Gasteiger partial charge in [0.15, 0.2) is 49.9 Å². The van der Waals surface area contributed by atoms with Gasteiger partial charge in [-0.25, -0.2) is 4.79 Å². The number of nitrogens with one attached hydrogen (secondary N) is 6. The van der Waals surface area contributed by atoms with E-state index in [1.165, 1.54) is 65.2 Å². The minimum absolute atomic E-state index is 0.0760. The summed E-state index contributed by atoms with van der Waals surface area (Å²) in [7, 11) is 0. The van der Waals surface area contributed by atoms with Crippen molar-refractivity contribution in [2.45, 2.75) is 420 Å². The van der Waals surface area contributed by atoms with Crippen molar-refractivity contribution >= 4 is 41.5 Å².